The lowest BCUT2D eigenvalue weighted by molar-refractivity contribution is 0.297. The van der Waals surface area contributed by atoms with Crippen molar-refractivity contribution in [3.63, 3.8) is 0 Å². The van der Waals surface area contributed by atoms with Crippen molar-refractivity contribution in [1.29, 1.82) is 0 Å². The van der Waals surface area contributed by atoms with E-state index in [9.17, 15) is 0 Å². The normalized spacial score (nSPS) is 12.8. The molecule has 1 unspecified atom stereocenters. The van der Waals surface area contributed by atoms with Crippen molar-refractivity contribution in [2.75, 3.05) is 19.0 Å². The van der Waals surface area contributed by atoms with Crippen LogP contribution in [0.5, 0.6) is 5.75 Å². The van der Waals surface area contributed by atoms with Crippen LogP contribution in [0.25, 0.3) is 0 Å². The summed E-state index contributed by atoms with van der Waals surface area (Å²) in [5, 5.41) is 3.38. The molecule has 0 aliphatic rings. The molecule has 96 valence electrons. The van der Waals surface area contributed by atoms with Crippen LogP contribution in [-0.2, 0) is 0 Å². The molecule has 1 aromatic rings. The highest BCUT2D eigenvalue weighted by Gasteiger charge is 2.10. The molecule has 0 radical (unpaired) electrons. The van der Waals surface area contributed by atoms with E-state index < -0.39 is 0 Å². The molecule has 0 heterocycles. The number of ether oxygens (including phenoxy) is 1. The minimum absolute atomic E-state index is 0.352. The Kier molecular flexibility index (Phi) is 6.93. The molecule has 0 amide bonds. The van der Waals surface area contributed by atoms with Gasteiger partial charge in [-0.25, -0.2) is 0 Å². The first-order valence-electron chi connectivity index (χ1n) is 5.81. The van der Waals surface area contributed by atoms with Gasteiger partial charge in [0.15, 0.2) is 0 Å². The predicted molar refractivity (Wildman–Crippen MR) is 77.0 cm³/mol. The maximum atomic E-state index is 5.87. The van der Waals surface area contributed by atoms with Crippen LogP contribution in [0.2, 0.25) is 0 Å². The monoisotopic (exact) mass is 319 g/mol. The van der Waals surface area contributed by atoms with E-state index in [4.69, 9.17) is 16.3 Å². The number of nitrogens with one attached hydrogen (secondary N) is 1. The highest BCUT2D eigenvalue weighted by atomic mass is 79.9. The summed E-state index contributed by atoms with van der Waals surface area (Å²) in [6.07, 6.45) is 0. The van der Waals surface area contributed by atoms with Crippen molar-refractivity contribution >= 4 is 27.5 Å². The number of hydrogen-bond acceptors (Lipinski definition) is 2. The van der Waals surface area contributed by atoms with E-state index >= 15 is 0 Å². The van der Waals surface area contributed by atoms with Gasteiger partial charge in [-0.2, -0.15) is 0 Å². The van der Waals surface area contributed by atoms with Gasteiger partial charge in [0, 0.05) is 22.9 Å². The van der Waals surface area contributed by atoms with Crippen molar-refractivity contribution in [2.24, 2.45) is 5.92 Å². The Balaban J connectivity index is 2.22. The number of rotatable bonds is 7. The van der Waals surface area contributed by atoms with Crippen LogP contribution in [-0.4, -0.2) is 25.1 Å². The third-order valence-corrected chi connectivity index (χ3v) is 3.42. The molecule has 1 N–H and O–H groups in total. The van der Waals surface area contributed by atoms with Crippen molar-refractivity contribution in [2.45, 2.75) is 19.9 Å². The lowest BCUT2D eigenvalue weighted by Gasteiger charge is -2.19. The molecule has 0 bridgehead atoms. The van der Waals surface area contributed by atoms with Crippen LogP contribution >= 0.6 is 27.5 Å². The smallest absolute Gasteiger partial charge is 0.119 e. The maximum absolute atomic E-state index is 5.87. The molecule has 1 atom stereocenters. The SMILES string of the molecule is CC(C)C(CCl)NCCOc1ccc(Br)cc1. The van der Waals surface area contributed by atoms with Crippen LogP contribution in [0.4, 0.5) is 0 Å². The fraction of sp³-hybridized carbons (Fsp3) is 0.538. The Morgan fingerprint density at radius 3 is 2.47 bits per heavy atom. The van der Waals surface area contributed by atoms with E-state index in [1.54, 1.807) is 0 Å². The first-order chi connectivity index (χ1) is 8.13. The van der Waals surface area contributed by atoms with Crippen molar-refractivity contribution in [3.8, 4) is 5.75 Å². The van der Waals surface area contributed by atoms with Crippen LogP contribution < -0.4 is 10.1 Å². The minimum atomic E-state index is 0.352. The topological polar surface area (TPSA) is 21.3 Å². The van der Waals surface area contributed by atoms with Gasteiger partial charge in [-0.3, -0.25) is 0 Å². The molecular formula is C13H19BrClNO. The third-order valence-electron chi connectivity index (χ3n) is 2.56. The zero-order valence-electron chi connectivity index (χ0n) is 10.2. The summed E-state index contributed by atoms with van der Waals surface area (Å²) in [4.78, 5) is 0. The highest BCUT2D eigenvalue weighted by molar-refractivity contribution is 9.10. The van der Waals surface area contributed by atoms with Crippen LogP contribution in [0.3, 0.4) is 0 Å². The zero-order valence-corrected chi connectivity index (χ0v) is 12.6. The lowest BCUT2D eigenvalue weighted by atomic mass is 10.1. The molecule has 17 heavy (non-hydrogen) atoms. The van der Waals surface area contributed by atoms with Crippen molar-refractivity contribution in [1.82, 2.24) is 5.32 Å². The van der Waals surface area contributed by atoms with Gasteiger partial charge in [0.05, 0.1) is 0 Å². The van der Waals surface area contributed by atoms with Gasteiger partial charge in [0.25, 0.3) is 0 Å². The molecule has 4 heteroatoms. The summed E-state index contributed by atoms with van der Waals surface area (Å²) in [5.41, 5.74) is 0. The van der Waals surface area contributed by atoms with E-state index in [-0.39, 0.29) is 0 Å². The largest absolute Gasteiger partial charge is 0.492 e. The van der Waals surface area contributed by atoms with E-state index in [1.165, 1.54) is 0 Å². The van der Waals surface area contributed by atoms with E-state index in [0.717, 1.165) is 16.8 Å². The number of benzene rings is 1. The van der Waals surface area contributed by atoms with Crippen molar-refractivity contribution < 1.29 is 4.74 Å². The summed E-state index contributed by atoms with van der Waals surface area (Å²) in [7, 11) is 0. The first kappa shape index (κ1) is 14.8. The summed E-state index contributed by atoms with van der Waals surface area (Å²) in [6, 6.07) is 8.19. The average molecular weight is 321 g/mol. The van der Waals surface area contributed by atoms with Gasteiger partial charge < -0.3 is 10.1 Å². The van der Waals surface area contributed by atoms with Gasteiger partial charge in [-0.05, 0) is 30.2 Å². The Hall–Kier alpha value is -0.250. The molecule has 0 aromatic heterocycles. The van der Waals surface area contributed by atoms with E-state index in [1.807, 2.05) is 24.3 Å². The molecule has 2 nitrogen and oxygen atoms in total. The van der Waals surface area contributed by atoms with Gasteiger partial charge in [0.2, 0.25) is 0 Å². The van der Waals surface area contributed by atoms with E-state index in [2.05, 4.69) is 35.1 Å². The maximum Gasteiger partial charge on any atom is 0.119 e. The Morgan fingerprint density at radius 2 is 1.94 bits per heavy atom. The van der Waals surface area contributed by atoms with Gasteiger partial charge >= 0.3 is 0 Å². The van der Waals surface area contributed by atoms with Gasteiger partial charge in [-0.1, -0.05) is 29.8 Å². The number of hydrogen-bond donors (Lipinski definition) is 1. The molecular weight excluding hydrogens is 302 g/mol. The number of halogens is 2. The second kappa shape index (κ2) is 7.96. The summed E-state index contributed by atoms with van der Waals surface area (Å²) < 4.78 is 6.67. The quantitative estimate of drug-likeness (QED) is 0.611. The van der Waals surface area contributed by atoms with Crippen LogP contribution in [0, 0.1) is 5.92 Å². The molecule has 0 aliphatic heterocycles. The van der Waals surface area contributed by atoms with Gasteiger partial charge in [-0.15, -0.1) is 11.6 Å². The zero-order chi connectivity index (χ0) is 12.7. The van der Waals surface area contributed by atoms with Crippen molar-refractivity contribution in [3.05, 3.63) is 28.7 Å². The van der Waals surface area contributed by atoms with Crippen LogP contribution in [0.15, 0.2) is 28.7 Å². The Morgan fingerprint density at radius 1 is 1.29 bits per heavy atom. The van der Waals surface area contributed by atoms with E-state index in [0.29, 0.717) is 24.4 Å². The standard InChI is InChI=1S/C13H19BrClNO/c1-10(2)13(9-15)16-7-8-17-12-5-3-11(14)4-6-12/h3-6,10,13,16H,7-9H2,1-2H3. The Bertz CT molecular complexity index is 316. The summed E-state index contributed by atoms with van der Waals surface area (Å²) in [6.45, 7) is 5.79. The molecule has 1 aromatic carbocycles. The molecule has 1 rings (SSSR count). The molecule has 0 saturated carbocycles. The van der Waals surface area contributed by atoms with Gasteiger partial charge in [0.1, 0.15) is 12.4 Å². The highest BCUT2D eigenvalue weighted by Crippen LogP contribution is 2.15. The molecule has 0 aliphatic carbocycles. The summed E-state index contributed by atoms with van der Waals surface area (Å²) in [5.74, 6) is 2.07. The fourth-order valence-corrected chi connectivity index (χ4v) is 2.14. The third kappa shape index (κ3) is 5.75. The second-order valence-corrected chi connectivity index (χ2v) is 5.49. The second-order valence-electron chi connectivity index (χ2n) is 4.26. The molecule has 0 saturated heterocycles. The number of alkyl halides is 1. The lowest BCUT2D eigenvalue weighted by Crippen LogP contribution is -2.37. The molecule has 0 spiro atoms. The predicted octanol–water partition coefficient (Wildman–Crippen LogP) is 3.68. The minimum Gasteiger partial charge on any atom is -0.492 e. The van der Waals surface area contributed by atoms with Crippen LogP contribution in [0.1, 0.15) is 13.8 Å². The molecule has 0 fully saturated rings. The first-order valence-corrected chi connectivity index (χ1v) is 7.14. The summed E-state index contributed by atoms with van der Waals surface area (Å²) >= 11 is 9.26. The Labute approximate surface area is 117 Å². The fourth-order valence-electron chi connectivity index (χ4n) is 1.41. The average Bonchev–Trinajstić information content (AvgIpc) is 2.31.